The van der Waals surface area contributed by atoms with Gasteiger partial charge in [0, 0.05) is 11.6 Å². The van der Waals surface area contributed by atoms with Gasteiger partial charge in [0.1, 0.15) is 18.0 Å². The third-order valence-electron chi connectivity index (χ3n) is 5.39. The van der Waals surface area contributed by atoms with Crippen molar-refractivity contribution in [3.63, 3.8) is 0 Å². The molecule has 29 heavy (non-hydrogen) atoms. The molecule has 1 aliphatic heterocycles. The van der Waals surface area contributed by atoms with Gasteiger partial charge in [-0.1, -0.05) is 35.9 Å². The molecule has 1 unspecified atom stereocenters. The molecule has 2 aromatic carbocycles. The molecule has 5 nitrogen and oxygen atoms in total. The zero-order chi connectivity index (χ0) is 20.5. The van der Waals surface area contributed by atoms with Crippen molar-refractivity contribution in [3.8, 4) is 0 Å². The zero-order valence-corrected chi connectivity index (χ0v) is 16.4. The number of nitrogens with zero attached hydrogens (tertiary/aromatic N) is 1. The Morgan fingerprint density at radius 1 is 1.17 bits per heavy atom. The third kappa shape index (κ3) is 4.43. The lowest BCUT2D eigenvalue weighted by molar-refractivity contribution is -0.179. The molecule has 1 amide bonds. The Morgan fingerprint density at radius 2 is 1.90 bits per heavy atom. The predicted molar refractivity (Wildman–Crippen MR) is 105 cm³/mol. The van der Waals surface area contributed by atoms with Crippen LogP contribution in [0.15, 0.2) is 48.5 Å². The Morgan fingerprint density at radius 3 is 2.52 bits per heavy atom. The number of amides is 1. The summed E-state index contributed by atoms with van der Waals surface area (Å²) in [7, 11) is 0. The van der Waals surface area contributed by atoms with Gasteiger partial charge >= 0.3 is 5.97 Å². The van der Waals surface area contributed by atoms with Crippen molar-refractivity contribution in [2.24, 2.45) is 5.92 Å². The Bertz CT molecular complexity index is 915. The first-order chi connectivity index (χ1) is 13.9. The topological polar surface area (TPSA) is 66.8 Å². The summed E-state index contributed by atoms with van der Waals surface area (Å²) in [5.74, 6) is -1.41. The monoisotopic (exact) mass is 417 g/mol. The summed E-state index contributed by atoms with van der Waals surface area (Å²) in [6.07, 6.45) is -0.0297. The molecule has 4 rings (SSSR count). The Labute approximate surface area is 173 Å². The number of halogens is 2. The van der Waals surface area contributed by atoms with Crippen LogP contribution in [0, 0.1) is 11.7 Å². The average molecular weight is 418 g/mol. The lowest BCUT2D eigenvalue weighted by Crippen LogP contribution is -2.52. The van der Waals surface area contributed by atoms with Gasteiger partial charge in [0.05, 0.1) is 12.5 Å². The molecule has 2 aromatic rings. The van der Waals surface area contributed by atoms with E-state index in [9.17, 15) is 19.1 Å². The number of aliphatic carboxylic acids is 1. The van der Waals surface area contributed by atoms with Crippen LogP contribution in [0.25, 0.3) is 0 Å². The van der Waals surface area contributed by atoms with Crippen LogP contribution in [-0.2, 0) is 14.3 Å². The number of rotatable bonds is 6. The van der Waals surface area contributed by atoms with Crippen LogP contribution < -0.4 is 0 Å². The molecule has 1 heterocycles. The van der Waals surface area contributed by atoms with Gasteiger partial charge in [0.2, 0.25) is 0 Å². The van der Waals surface area contributed by atoms with Crippen LogP contribution in [0.1, 0.15) is 42.5 Å². The molecule has 1 saturated heterocycles. The molecule has 2 aliphatic rings. The molecule has 1 N–H and O–H groups in total. The van der Waals surface area contributed by atoms with Gasteiger partial charge in [0.15, 0.2) is 0 Å². The van der Waals surface area contributed by atoms with Crippen molar-refractivity contribution in [1.29, 1.82) is 0 Å². The second kappa shape index (κ2) is 8.13. The third-order valence-corrected chi connectivity index (χ3v) is 5.63. The van der Waals surface area contributed by atoms with Gasteiger partial charge in [-0.3, -0.25) is 9.59 Å². The first-order valence-electron chi connectivity index (χ1n) is 9.61. The van der Waals surface area contributed by atoms with Crippen LogP contribution in [0.3, 0.4) is 0 Å². The van der Waals surface area contributed by atoms with E-state index in [0.29, 0.717) is 17.5 Å². The average Bonchev–Trinajstić information content (AvgIpc) is 3.49. The van der Waals surface area contributed by atoms with Crippen LogP contribution in [0.5, 0.6) is 0 Å². The van der Waals surface area contributed by atoms with E-state index in [1.807, 2.05) is 6.07 Å². The Hall–Kier alpha value is -2.44. The summed E-state index contributed by atoms with van der Waals surface area (Å²) < 4.78 is 19.6. The quantitative estimate of drug-likeness (QED) is 0.757. The Balaban J connectivity index is 1.78. The van der Waals surface area contributed by atoms with Gasteiger partial charge in [-0.25, -0.2) is 4.39 Å². The fourth-order valence-corrected chi connectivity index (χ4v) is 4.03. The van der Waals surface area contributed by atoms with Gasteiger partial charge < -0.3 is 14.7 Å². The highest BCUT2D eigenvalue weighted by atomic mass is 35.5. The van der Waals surface area contributed by atoms with Gasteiger partial charge in [0.25, 0.3) is 5.91 Å². The highest BCUT2D eigenvalue weighted by Gasteiger charge is 2.46. The normalized spacial score (nSPS) is 24.6. The van der Waals surface area contributed by atoms with Crippen molar-refractivity contribution in [2.75, 3.05) is 6.54 Å². The molecule has 0 spiro atoms. The van der Waals surface area contributed by atoms with Crippen LogP contribution in [0.4, 0.5) is 4.39 Å². The maximum Gasteiger partial charge on any atom is 0.306 e. The number of carboxylic acid groups (broad SMARTS) is 1. The van der Waals surface area contributed by atoms with E-state index in [1.165, 1.54) is 12.1 Å². The standard InChI is InChI=1S/C22H21ClFNO4/c23-16-3-1-2-15(10-16)21-20(14-6-8-17(24)9-7-14)25(12-13-4-5-13)22(28)18(29-21)11-19(26)27/h1-3,6-10,13,18,20-21H,4-5,11-12H2,(H,26,27)/t18-,20?,21-/m1/s1. The predicted octanol–water partition coefficient (Wildman–Crippen LogP) is 4.37. The summed E-state index contributed by atoms with van der Waals surface area (Å²) in [6, 6.07) is 12.6. The van der Waals surface area contributed by atoms with Crippen LogP contribution in [-0.4, -0.2) is 34.5 Å². The fourth-order valence-electron chi connectivity index (χ4n) is 3.83. The SMILES string of the molecule is O=C(O)C[C@H]1O[C@H](c2cccc(Cl)c2)C(c2ccc(F)cc2)N(CC2CC2)C1=O. The lowest BCUT2D eigenvalue weighted by atomic mass is 9.91. The molecule has 1 aliphatic carbocycles. The van der Waals surface area contributed by atoms with E-state index in [2.05, 4.69) is 0 Å². The molecule has 152 valence electrons. The van der Waals surface area contributed by atoms with Crippen LogP contribution >= 0.6 is 11.6 Å². The van der Waals surface area contributed by atoms with E-state index in [4.69, 9.17) is 16.3 Å². The number of hydrogen-bond donors (Lipinski definition) is 1. The van der Waals surface area contributed by atoms with Crippen molar-refractivity contribution >= 4 is 23.5 Å². The second-order valence-corrected chi connectivity index (χ2v) is 8.06. The number of carbonyl (C=O) groups excluding carboxylic acids is 1. The number of ether oxygens (including phenoxy) is 1. The molecule has 7 heteroatoms. The molecule has 0 bridgehead atoms. The van der Waals surface area contributed by atoms with Crippen molar-refractivity contribution in [1.82, 2.24) is 4.90 Å². The molecule has 0 radical (unpaired) electrons. The van der Waals surface area contributed by atoms with Crippen molar-refractivity contribution < 1.29 is 23.8 Å². The highest BCUT2D eigenvalue weighted by molar-refractivity contribution is 6.30. The smallest absolute Gasteiger partial charge is 0.306 e. The van der Waals surface area contributed by atoms with Gasteiger partial charge in [-0.2, -0.15) is 0 Å². The van der Waals surface area contributed by atoms with Gasteiger partial charge in [-0.05, 0) is 54.2 Å². The maximum absolute atomic E-state index is 13.5. The van der Waals surface area contributed by atoms with E-state index < -0.39 is 30.6 Å². The van der Waals surface area contributed by atoms with Crippen LogP contribution in [0.2, 0.25) is 5.02 Å². The molecular formula is C22H21ClFNO4. The zero-order valence-electron chi connectivity index (χ0n) is 15.6. The summed E-state index contributed by atoms with van der Waals surface area (Å²) in [4.78, 5) is 26.2. The minimum absolute atomic E-state index is 0.341. The highest BCUT2D eigenvalue weighted by Crippen LogP contribution is 2.45. The number of hydrogen-bond acceptors (Lipinski definition) is 3. The lowest BCUT2D eigenvalue weighted by Gasteiger charge is -2.44. The minimum atomic E-state index is -1.10. The number of carbonyl (C=O) groups is 2. The van der Waals surface area contributed by atoms with Gasteiger partial charge in [-0.15, -0.1) is 0 Å². The first-order valence-corrected chi connectivity index (χ1v) is 9.99. The first kappa shape index (κ1) is 19.9. The number of morpholine rings is 1. The van der Waals surface area contributed by atoms with E-state index >= 15 is 0 Å². The van der Waals surface area contributed by atoms with E-state index in [0.717, 1.165) is 24.0 Å². The molecule has 1 saturated carbocycles. The number of carboxylic acids is 1. The molecule has 3 atom stereocenters. The summed E-state index contributed by atoms with van der Waals surface area (Å²) in [6.45, 7) is 0.525. The Kier molecular flexibility index (Phi) is 5.56. The maximum atomic E-state index is 13.5. The van der Waals surface area contributed by atoms with E-state index in [1.54, 1.807) is 35.2 Å². The fraction of sp³-hybridized carbons (Fsp3) is 0.364. The largest absolute Gasteiger partial charge is 0.481 e. The molecule has 0 aromatic heterocycles. The minimum Gasteiger partial charge on any atom is -0.481 e. The summed E-state index contributed by atoms with van der Waals surface area (Å²) in [5, 5.41) is 9.78. The molecule has 2 fully saturated rings. The summed E-state index contributed by atoms with van der Waals surface area (Å²) in [5.41, 5.74) is 1.48. The van der Waals surface area contributed by atoms with Crippen molar-refractivity contribution in [3.05, 3.63) is 70.5 Å². The number of benzene rings is 2. The van der Waals surface area contributed by atoms with Crippen molar-refractivity contribution in [2.45, 2.75) is 37.5 Å². The van der Waals surface area contributed by atoms with E-state index in [-0.39, 0.29) is 11.7 Å². The summed E-state index contributed by atoms with van der Waals surface area (Å²) >= 11 is 6.18. The molecular weight excluding hydrogens is 397 g/mol. The second-order valence-electron chi connectivity index (χ2n) is 7.63.